The fraction of sp³-hybridized carbons (Fsp3) is 0.619. The van der Waals surface area contributed by atoms with Crippen LogP contribution in [0, 0.1) is 17.6 Å². The molecule has 2 unspecified atom stereocenters. The maximum atomic E-state index is 14.6. The second-order valence-corrected chi connectivity index (χ2v) is 7.27. The summed E-state index contributed by atoms with van der Waals surface area (Å²) in [6.45, 7) is 4.28. The number of ether oxygens (including phenoxy) is 1. The maximum absolute atomic E-state index is 14.6. The highest BCUT2D eigenvalue weighted by molar-refractivity contribution is 5.68. The molecule has 24 heavy (non-hydrogen) atoms. The summed E-state index contributed by atoms with van der Waals surface area (Å²) in [5.74, 6) is -0.672. The van der Waals surface area contributed by atoms with Crippen molar-refractivity contribution in [1.29, 1.82) is 0 Å². The lowest BCUT2D eigenvalue weighted by Crippen LogP contribution is -2.24. The minimum Gasteiger partial charge on any atom is -0.487 e. The van der Waals surface area contributed by atoms with E-state index in [2.05, 4.69) is 19.9 Å². The largest absolute Gasteiger partial charge is 0.487 e. The zero-order valence-corrected chi connectivity index (χ0v) is 14.8. The SMILES string of the molecule is CCCC1CC=C(c2cc3c(c(F)c2F)OC(CCC)CC3)CC1. The maximum Gasteiger partial charge on any atom is 0.201 e. The molecule has 1 nitrogen and oxygen atoms in total. The standard InChI is InChI=1S/C21H28F2O/c1-3-5-14-7-9-15(10-8-14)18-13-16-11-12-17(6-4-2)24-21(16)20(23)19(18)22/h9,13-14,17H,3-8,10-12H2,1-2H3. The summed E-state index contributed by atoms with van der Waals surface area (Å²) in [6.07, 6.45) is 11.0. The van der Waals surface area contributed by atoms with E-state index in [1.807, 2.05) is 6.07 Å². The Kier molecular flexibility index (Phi) is 5.57. The number of allylic oxidation sites excluding steroid dienone is 2. The van der Waals surface area contributed by atoms with Crippen LogP contribution in [0.5, 0.6) is 5.75 Å². The summed E-state index contributed by atoms with van der Waals surface area (Å²) in [5, 5.41) is 0. The van der Waals surface area contributed by atoms with Crippen molar-refractivity contribution in [3.63, 3.8) is 0 Å². The normalized spacial score (nSPS) is 23.4. The molecule has 0 N–H and O–H groups in total. The highest BCUT2D eigenvalue weighted by Gasteiger charge is 2.28. The number of benzene rings is 1. The van der Waals surface area contributed by atoms with Gasteiger partial charge >= 0.3 is 0 Å². The fourth-order valence-electron chi connectivity index (χ4n) is 4.08. The van der Waals surface area contributed by atoms with E-state index in [4.69, 9.17) is 4.74 Å². The second kappa shape index (κ2) is 7.67. The molecule has 3 heteroatoms. The molecule has 0 fully saturated rings. The zero-order chi connectivity index (χ0) is 17.1. The van der Waals surface area contributed by atoms with E-state index in [-0.39, 0.29) is 11.9 Å². The zero-order valence-electron chi connectivity index (χ0n) is 14.8. The molecule has 0 aromatic heterocycles. The first-order chi connectivity index (χ1) is 11.6. The van der Waals surface area contributed by atoms with Gasteiger partial charge in [0.2, 0.25) is 5.82 Å². The summed E-state index contributed by atoms with van der Waals surface area (Å²) in [7, 11) is 0. The van der Waals surface area contributed by atoms with Gasteiger partial charge in [-0.25, -0.2) is 4.39 Å². The summed E-state index contributed by atoms with van der Waals surface area (Å²) in [4.78, 5) is 0. The third-order valence-electron chi connectivity index (χ3n) is 5.43. The molecule has 2 aliphatic rings. The van der Waals surface area contributed by atoms with Crippen molar-refractivity contribution in [1.82, 2.24) is 0 Å². The summed E-state index contributed by atoms with van der Waals surface area (Å²) < 4.78 is 35.0. The van der Waals surface area contributed by atoms with Crippen molar-refractivity contribution in [2.75, 3.05) is 0 Å². The molecule has 3 rings (SSSR count). The van der Waals surface area contributed by atoms with Crippen LogP contribution in [0.3, 0.4) is 0 Å². The van der Waals surface area contributed by atoms with Crippen LogP contribution in [0.25, 0.3) is 5.57 Å². The van der Waals surface area contributed by atoms with Gasteiger partial charge in [0.05, 0.1) is 6.10 Å². The average molecular weight is 334 g/mol. The Hall–Kier alpha value is -1.38. The Bertz CT molecular complexity index is 621. The monoisotopic (exact) mass is 334 g/mol. The van der Waals surface area contributed by atoms with Gasteiger partial charge in [-0.15, -0.1) is 0 Å². The molecule has 0 saturated carbocycles. The molecule has 132 valence electrons. The predicted octanol–water partition coefficient (Wildman–Crippen LogP) is 6.44. The Labute approximate surface area is 144 Å². The smallest absolute Gasteiger partial charge is 0.201 e. The molecule has 1 aromatic rings. The molecule has 0 bridgehead atoms. The van der Waals surface area contributed by atoms with Crippen LogP contribution in [0.15, 0.2) is 12.1 Å². The molecule has 2 atom stereocenters. The van der Waals surface area contributed by atoms with E-state index in [1.165, 1.54) is 12.8 Å². The van der Waals surface area contributed by atoms with Gasteiger partial charge < -0.3 is 4.74 Å². The number of rotatable bonds is 5. The van der Waals surface area contributed by atoms with E-state index in [1.54, 1.807) is 0 Å². The lowest BCUT2D eigenvalue weighted by atomic mass is 9.83. The Morgan fingerprint density at radius 1 is 1.04 bits per heavy atom. The van der Waals surface area contributed by atoms with Crippen molar-refractivity contribution in [2.45, 2.75) is 77.7 Å². The summed E-state index contributed by atoms with van der Waals surface area (Å²) >= 11 is 0. The van der Waals surface area contributed by atoms with Gasteiger partial charge in [-0.05, 0) is 61.6 Å². The van der Waals surface area contributed by atoms with Crippen LogP contribution in [0.1, 0.15) is 76.3 Å². The van der Waals surface area contributed by atoms with E-state index in [0.717, 1.165) is 56.1 Å². The van der Waals surface area contributed by atoms with E-state index < -0.39 is 11.6 Å². The minimum atomic E-state index is -0.792. The van der Waals surface area contributed by atoms with E-state index >= 15 is 0 Å². The third-order valence-corrected chi connectivity index (χ3v) is 5.43. The summed E-state index contributed by atoms with van der Waals surface area (Å²) in [6, 6.07) is 1.84. The number of halogens is 2. The first-order valence-corrected chi connectivity index (χ1v) is 9.50. The molecular formula is C21H28F2O. The van der Waals surface area contributed by atoms with E-state index in [0.29, 0.717) is 11.5 Å². The van der Waals surface area contributed by atoms with Crippen LogP contribution in [0.2, 0.25) is 0 Å². The number of hydrogen-bond acceptors (Lipinski definition) is 1. The second-order valence-electron chi connectivity index (χ2n) is 7.27. The van der Waals surface area contributed by atoms with E-state index in [9.17, 15) is 8.78 Å². The third kappa shape index (κ3) is 3.50. The predicted molar refractivity (Wildman–Crippen MR) is 94.2 cm³/mol. The van der Waals surface area contributed by atoms with Crippen molar-refractivity contribution in [3.05, 3.63) is 34.9 Å². The fourth-order valence-corrected chi connectivity index (χ4v) is 4.08. The summed E-state index contributed by atoms with van der Waals surface area (Å²) in [5.41, 5.74) is 2.25. The van der Waals surface area contributed by atoms with Crippen molar-refractivity contribution in [2.24, 2.45) is 5.92 Å². The van der Waals surface area contributed by atoms with Crippen LogP contribution >= 0.6 is 0 Å². The van der Waals surface area contributed by atoms with Crippen LogP contribution in [-0.4, -0.2) is 6.10 Å². The van der Waals surface area contributed by atoms with Gasteiger partial charge in [0.25, 0.3) is 0 Å². The van der Waals surface area contributed by atoms with Gasteiger partial charge in [0.15, 0.2) is 11.6 Å². The molecule has 1 aromatic carbocycles. The van der Waals surface area contributed by atoms with Gasteiger partial charge in [-0.2, -0.15) is 4.39 Å². The topological polar surface area (TPSA) is 9.23 Å². The lowest BCUT2D eigenvalue weighted by molar-refractivity contribution is 0.153. The number of hydrogen-bond donors (Lipinski definition) is 0. The Balaban J connectivity index is 1.85. The Morgan fingerprint density at radius 3 is 2.50 bits per heavy atom. The Morgan fingerprint density at radius 2 is 1.83 bits per heavy atom. The van der Waals surface area contributed by atoms with Gasteiger partial charge in [0.1, 0.15) is 0 Å². The van der Waals surface area contributed by atoms with Gasteiger partial charge in [0, 0.05) is 5.56 Å². The molecule has 0 saturated heterocycles. The molecule has 0 amide bonds. The molecule has 0 radical (unpaired) electrons. The van der Waals surface area contributed by atoms with Crippen molar-refractivity contribution in [3.8, 4) is 5.75 Å². The van der Waals surface area contributed by atoms with Gasteiger partial charge in [-0.3, -0.25) is 0 Å². The number of aryl methyl sites for hydroxylation is 1. The molecule has 0 spiro atoms. The lowest BCUT2D eigenvalue weighted by Gasteiger charge is -2.28. The number of fused-ring (bicyclic) bond motifs is 1. The quantitative estimate of drug-likeness (QED) is 0.602. The first kappa shape index (κ1) is 17.4. The molecule has 1 aliphatic carbocycles. The van der Waals surface area contributed by atoms with Crippen molar-refractivity contribution >= 4 is 5.57 Å². The van der Waals surface area contributed by atoms with Crippen LogP contribution < -0.4 is 4.74 Å². The molecular weight excluding hydrogens is 306 g/mol. The van der Waals surface area contributed by atoms with Crippen LogP contribution in [-0.2, 0) is 6.42 Å². The highest BCUT2D eigenvalue weighted by Crippen LogP contribution is 2.39. The minimum absolute atomic E-state index is 0.0194. The molecule has 1 heterocycles. The van der Waals surface area contributed by atoms with Crippen molar-refractivity contribution < 1.29 is 13.5 Å². The molecule has 1 aliphatic heterocycles. The van der Waals surface area contributed by atoms with Gasteiger partial charge in [-0.1, -0.05) is 39.2 Å². The van der Waals surface area contributed by atoms with Crippen LogP contribution in [0.4, 0.5) is 8.78 Å². The average Bonchev–Trinajstić information content (AvgIpc) is 2.60. The first-order valence-electron chi connectivity index (χ1n) is 9.50. The highest BCUT2D eigenvalue weighted by atomic mass is 19.2.